The molecule has 0 atom stereocenters. The van der Waals surface area contributed by atoms with Crippen LogP contribution in [0.5, 0.6) is 0 Å². The smallest absolute Gasteiger partial charge is 0.378 e. The zero-order valence-electron chi connectivity index (χ0n) is 18.4. The van der Waals surface area contributed by atoms with Crippen LogP contribution in [0.15, 0.2) is 53.7 Å². The van der Waals surface area contributed by atoms with E-state index in [-0.39, 0.29) is 12.4 Å². The van der Waals surface area contributed by atoms with Gasteiger partial charge >= 0.3 is 6.18 Å². The molecular weight excluding hydrogens is 450 g/mol. The summed E-state index contributed by atoms with van der Waals surface area (Å²) < 4.78 is 58.2. The SMILES string of the molecule is Cc1cc(Nc2cccc(C(F)(F)F)c2)ccc1C=NCc1ncc(F)c(N2CCOCC2)n1. The van der Waals surface area contributed by atoms with Crippen LogP contribution in [0.4, 0.5) is 34.8 Å². The summed E-state index contributed by atoms with van der Waals surface area (Å²) in [5.41, 5.74) is 2.02. The molecule has 0 saturated carbocycles. The maximum Gasteiger partial charge on any atom is 0.416 e. The van der Waals surface area contributed by atoms with Gasteiger partial charge in [-0.15, -0.1) is 0 Å². The van der Waals surface area contributed by atoms with Crippen molar-refractivity contribution in [2.24, 2.45) is 4.99 Å². The van der Waals surface area contributed by atoms with Crippen LogP contribution >= 0.6 is 0 Å². The fourth-order valence-electron chi connectivity index (χ4n) is 3.53. The van der Waals surface area contributed by atoms with Crippen molar-refractivity contribution >= 4 is 23.4 Å². The third-order valence-corrected chi connectivity index (χ3v) is 5.30. The molecule has 1 saturated heterocycles. The molecular formula is C24H23F4N5O. The van der Waals surface area contributed by atoms with Crippen LogP contribution in [0, 0.1) is 12.7 Å². The van der Waals surface area contributed by atoms with E-state index >= 15 is 0 Å². The Morgan fingerprint density at radius 2 is 1.88 bits per heavy atom. The van der Waals surface area contributed by atoms with Crippen molar-refractivity contribution in [1.29, 1.82) is 0 Å². The van der Waals surface area contributed by atoms with E-state index < -0.39 is 17.6 Å². The summed E-state index contributed by atoms with van der Waals surface area (Å²) in [4.78, 5) is 14.5. The second kappa shape index (κ2) is 10.2. The third-order valence-electron chi connectivity index (χ3n) is 5.30. The van der Waals surface area contributed by atoms with E-state index in [0.29, 0.717) is 43.5 Å². The molecule has 1 aromatic heterocycles. The van der Waals surface area contributed by atoms with Gasteiger partial charge in [-0.25, -0.2) is 14.4 Å². The van der Waals surface area contributed by atoms with Gasteiger partial charge in [0, 0.05) is 30.7 Å². The standard InChI is InChI=1S/C24H23F4N5O/c1-16-11-20(31-19-4-2-3-18(12-19)24(26,27)28)6-5-17(16)13-29-15-22-30-14-21(25)23(32-22)33-7-9-34-10-8-33/h2-6,11-14,31H,7-10,15H2,1H3. The highest BCUT2D eigenvalue weighted by Gasteiger charge is 2.30. The summed E-state index contributed by atoms with van der Waals surface area (Å²) in [6.45, 7) is 4.24. The molecule has 0 amide bonds. The lowest BCUT2D eigenvalue weighted by Crippen LogP contribution is -2.37. The lowest BCUT2D eigenvalue weighted by molar-refractivity contribution is -0.137. The lowest BCUT2D eigenvalue weighted by Gasteiger charge is -2.28. The molecule has 178 valence electrons. The normalized spacial score (nSPS) is 14.6. The molecule has 0 spiro atoms. The van der Waals surface area contributed by atoms with E-state index in [0.717, 1.165) is 29.5 Å². The fraction of sp³-hybridized carbons (Fsp3) is 0.292. The van der Waals surface area contributed by atoms with E-state index in [1.165, 1.54) is 6.07 Å². The Hall–Kier alpha value is -3.53. The van der Waals surface area contributed by atoms with Gasteiger partial charge in [0.25, 0.3) is 0 Å². The molecule has 0 bridgehead atoms. The summed E-state index contributed by atoms with van der Waals surface area (Å²) in [7, 11) is 0. The molecule has 34 heavy (non-hydrogen) atoms. The Bertz CT molecular complexity index is 1180. The predicted octanol–water partition coefficient (Wildman–Crippen LogP) is 5.14. The van der Waals surface area contributed by atoms with Gasteiger partial charge in [-0.2, -0.15) is 13.2 Å². The Morgan fingerprint density at radius 3 is 2.62 bits per heavy atom. The number of nitrogens with one attached hydrogen (secondary N) is 1. The molecule has 1 N–H and O–H groups in total. The number of nitrogens with zero attached hydrogens (tertiary/aromatic N) is 4. The van der Waals surface area contributed by atoms with Crippen LogP contribution in [-0.4, -0.2) is 42.5 Å². The number of aryl methyl sites for hydroxylation is 1. The molecule has 4 rings (SSSR count). The monoisotopic (exact) mass is 473 g/mol. The van der Waals surface area contributed by atoms with E-state index in [4.69, 9.17) is 4.74 Å². The number of alkyl halides is 3. The number of halogens is 4. The number of hydrogen-bond donors (Lipinski definition) is 1. The zero-order valence-corrected chi connectivity index (χ0v) is 18.4. The third kappa shape index (κ3) is 5.88. The van der Waals surface area contributed by atoms with E-state index in [9.17, 15) is 17.6 Å². The van der Waals surface area contributed by atoms with Crippen molar-refractivity contribution in [3.8, 4) is 0 Å². The van der Waals surface area contributed by atoms with Gasteiger partial charge in [0.1, 0.15) is 0 Å². The maximum atomic E-state index is 14.2. The first kappa shape index (κ1) is 23.6. The number of morpholine rings is 1. The van der Waals surface area contributed by atoms with Gasteiger partial charge in [0.15, 0.2) is 17.5 Å². The van der Waals surface area contributed by atoms with E-state index in [1.54, 1.807) is 18.3 Å². The highest BCUT2D eigenvalue weighted by Crippen LogP contribution is 2.31. The van der Waals surface area contributed by atoms with E-state index in [1.807, 2.05) is 24.0 Å². The Labute approximate surface area is 194 Å². The Morgan fingerprint density at radius 1 is 1.12 bits per heavy atom. The van der Waals surface area contributed by atoms with Crippen molar-refractivity contribution in [3.05, 3.63) is 77.0 Å². The molecule has 0 unspecified atom stereocenters. The molecule has 0 aliphatic carbocycles. The molecule has 1 aliphatic heterocycles. The molecule has 2 aromatic carbocycles. The number of aliphatic imine (C=N–C) groups is 1. The summed E-state index contributed by atoms with van der Waals surface area (Å²) in [5, 5.41) is 3.00. The van der Waals surface area contributed by atoms with Crippen LogP contribution in [0.1, 0.15) is 22.5 Å². The Balaban J connectivity index is 1.42. The first-order valence-corrected chi connectivity index (χ1v) is 10.7. The van der Waals surface area contributed by atoms with Crippen LogP contribution in [0.2, 0.25) is 0 Å². The summed E-state index contributed by atoms with van der Waals surface area (Å²) in [6, 6.07) is 10.4. The van der Waals surface area contributed by atoms with Crippen molar-refractivity contribution in [2.75, 3.05) is 36.5 Å². The summed E-state index contributed by atoms with van der Waals surface area (Å²) >= 11 is 0. The van der Waals surface area contributed by atoms with Crippen LogP contribution in [-0.2, 0) is 17.5 Å². The van der Waals surface area contributed by atoms with Crippen molar-refractivity contribution in [2.45, 2.75) is 19.6 Å². The van der Waals surface area contributed by atoms with Crippen molar-refractivity contribution in [1.82, 2.24) is 9.97 Å². The average molecular weight is 473 g/mol. The Kier molecular flexibility index (Phi) is 7.06. The molecule has 1 fully saturated rings. The molecule has 10 heteroatoms. The van der Waals surface area contributed by atoms with Crippen LogP contribution < -0.4 is 10.2 Å². The maximum absolute atomic E-state index is 14.2. The van der Waals surface area contributed by atoms with E-state index in [2.05, 4.69) is 20.3 Å². The number of benzene rings is 2. The van der Waals surface area contributed by atoms with Gasteiger partial charge in [0.2, 0.25) is 0 Å². The second-order valence-electron chi connectivity index (χ2n) is 7.80. The highest BCUT2D eigenvalue weighted by molar-refractivity contribution is 5.83. The quantitative estimate of drug-likeness (QED) is 0.397. The minimum absolute atomic E-state index is 0.182. The van der Waals surface area contributed by atoms with Gasteiger partial charge < -0.3 is 15.0 Å². The number of hydrogen-bond acceptors (Lipinski definition) is 6. The van der Waals surface area contributed by atoms with Crippen molar-refractivity contribution < 1.29 is 22.3 Å². The zero-order chi connectivity index (χ0) is 24.1. The molecule has 0 radical (unpaired) electrons. The average Bonchev–Trinajstić information content (AvgIpc) is 2.82. The largest absolute Gasteiger partial charge is 0.416 e. The van der Waals surface area contributed by atoms with Gasteiger partial charge in [0.05, 0.1) is 31.5 Å². The number of anilines is 3. The summed E-state index contributed by atoms with van der Waals surface area (Å²) in [5.74, 6) is 0.179. The van der Waals surface area contributed by atoms with Gasteiger partial charge in [-0.05, 0) is 48.4 Å². The van der Waals surface area contributed by atoms with Crippen LogP contribution in [0.3, 0.4) is 0 Å². The van der Waals surface area contributed by atoms with Crippen molar-refractivity contribution in [3.63, 3.8) is 0 Å². The summed E-state index contributed by atoms with van der Waals surface area (Å²) in [6.07, 6.45) is -1.57. The molecule has 1 aliphatic rings. The first-order chi connectivity index (χ1) is 16.3. The number of rotatable bonds is 6. The first-order valence-electron chi connectivity index (χ1n) is 10.7. The van der Waals surface area contributed by atoms with Gasteiger partial charge in [-0.1, -0.05) is 12.1 Å². The number of aromatic nitrogens is 2. The fourth-order valence-corrected chi connectivity index (χ4v) is 3.53. The minimum Gasteiger partial charge on any atom is -0.378 e. The number of ether oxygens (including phenoxy) is 1. The topological polar surface area (TPSA) is 62.6 Å². The predicted molar refractivity (Wildman–Crippen MR) is 122 cm³/mol. The molecule has 3 aromatic rings. The van der Waals surface area contributed by atoms with Crippen LogP contribution in [0.25, 0.3) is 0 Å². The minimum atomic E-state index is -4.40. The van der Waals surface area contributed by atoms with Gasteiger partial charge in [-0.3, -0.25) is 4.99 Å². The lowest BCUT2D eigenvalue weighted by atomic mass is 10.1. The molecule has 6 nitrogen and oxygen atoms in total. The molecule has 2 heterocycles. The second-order valence-corrected chi connectivity index (χ2v) is 7.80. The highest BCUT2D eigenvalue weighted by atomic mass is 19.4.